The highest BCUT2D eigenvalue weighted by Gasteiger charge is 2.26. The molecule has 10 heteroatoms. The lowest BCUT2D eigenvalue weighted by Crippen LogP contribution is -2.11. The minimum atomic E-state index is -2.25. The number of rotatable bonds is 5. The van der Waals surface area contributed by atoms with E-state index in [-0.39, 0.29) is 27.7 Å². The van der Waals surface area contributed by atoms with Crippen LogP contribution < -0.4 is 19.6 Å². The molecule has 0 unspecified atom stereocenters. The first-order valence-corrected chi connectivity index (χ1v) is 11.4. The molecule has 2 heterocycles. The molecule has 1 aliphatic heterocycles. The van der Waals surface area contributed by atoms with Crippen molar-refractivity contribution in [3.8, 4) is 28.4 Å². The Kier molecular flexibility index (Phi) is 6.49. The lowest BCUT2D eigenvalue weighted by Gasteiger charge is -2.14. The van der Waals surface area contributed by atoms with Gasteiger partial charge in [0.25, 0.3) is 0 Å². The SMILES string of the molecule is CCc1cc2c(=O)c(-c3ccc4c(c3)OCCCO4)coc2cc1OCc1c(F)c(F)c(F)c(F)c1F. The van der Waals surface area contributed by atoms with Crippen LogP contribution in [0.2, 0.25) is 0 Å². The van der Waals surface area contributed by atoms with E-state index < -0.39 is 41.3 Å². The van der Waals surface area contributed by atoms with Crippen LogP contribution in [0.1, 0.15) is 24.5 Å². The Morgan fingerprint density at radius 1 is 0.865 bits per heavy atom. The molecule has 1 aliphatic rings. The quantitative estimate of drug-likeness (QED) is 0.173. The van der Waals surface area contributed by atoms with Crippen LogP contribution in [-0.4, -0.2) is 13.2 Å². The first kappa shape index (κ1) is 24.6. The molecule has 3 aromatic carbocycles. The van der Waals surface area contributed by atoms with Gasteiger partial charge in [0.2, 0.25) is 11.2 Å². The molecule has 0 saturated carbocycles. The molecule has 4 aromatic rings. The summed E-state index contributed by atoms with van der Waals surface area (Å²) in [5.74, 6) is -9.13. The smallest absolute Gasteiger partial charge is 0.200 e. The summed E-state index contributed by atoms with van der Waals surface area (Å²) in [5.41, 5.74) is -0.0152. The minimum Gasteiger partial charge on any atom is -0.490 e. The lowest BCUT2D eigenvalue weighted by atomic mass is 10.0. The summed E-state index contributed by atoms with van der Waals surface area (Å²) in [5, 5.41) is 0.227. The molecule has 0 fully saturated rings. The van der Waals surface area contributed by atoms with Crippen molar-refractivity contribution in [2.24, 2.45) is 0 Å². The number of aryl methyl sites for hydroxylation is 1. The van der Waals surface area contributed by atoms with Crippen molar-refractivity contribution >= 4 is 11.0 Å². The van der Waals surface area contributed by atoms with E-state index in [9.17, 15) is 26.7 Å². The molecule has 1 aromatic heterocycles. The molecule has 37 heavy (non-hydrogen) atoms. The molecule has 0 aliphatic carbocycles. The monoisotopic (exact) mass is 518 g/mol. The standard InChI is InChI=1S/C27H19F5O5/c1-2-13-8-15-20(10-19(13)36-12-17-22(28)24(30)26(32)25(31)23(17)29)37-11-16(27(15)33)14-4-5-18-21(9-14)35-7-3-6-34-18/h4-5,8-11H,2-3,6-7,12H2,1H3. The van der Waals surface area contributed by atoms with E-state index in [0.717, 1.165) is 6.42 Å². The van der Waals surface area contributed by atoms with Crippen LogP contribution in [0.5, 0.6) is 17.2 Å². The van der Waals surface area contributed by atoms with Gasteiger partial charge in [-0.05, 0) is 35.7 Å². The maximum absolute atomic E-state index is 14.0. The third-order valence-corrected chi connectivity index (χ3v) is 6.07. The summed E-state index contributed by atoms with van der Waals surface area (Å²) in [4.78, 5) is 13.3. The zero-order chi connectivity index (χ0) is 26.3. The summed E-state index contributed by atoms with van der Waals surface area (Å²) >= 11 is 0. The van der Waals surface area contributed by atoms with Crippen LogP contribution in [0.3, 0.4) is 0 Å². The summed E-state index contributed by atoms with van der Waals surface area (Å²) in [6.45, 7) is 1.83. The number of halogens is 5. The van der Waals surface area contributed by atoms with Gasteiger partial charge in [0.15, 0.2) is 34.8 Å². The van der Waals surface area contributed by atoms with Gasteiger partial charge in [0.05, 0.1) is 29.7 Å². The summed E-state index contributed by atoms with van der Waals surface area (Å²) < 4.78 is 90.9. The van der Waals surface area contributed by atoms with Crippen molar-refractivity contribution < 1.29 is 40.6 Å². The minimum absolute atomic E-state index is 0.0745. The van der Waals surface area contributed by atoms with Crippen LogP contribution in [0.15, 0.2) is 45.8 Å². The second kappa shape index (κ2) is 9.76. The van der Waals surface area contributed by atoms with E-state index in [4.69, 9.17) is 18.6 Å². The molecule has 0 spiro atoms. The summed E-state index contributed by atoms with van der Waals surface area (Å²) in [7, 11) is 0. The van der Waals surface area contributed by atoms with Crippen LogP contribution in [0.25, 0.3) is 22.1 Å². The Morgan fingerprint density at radius 3 is 2.24 bits per heavy atom. The average Bonchev–Trinajstić information content (AvgIpc) is 3.15. The van der Waals surface area contributed by atoms with E-state index in [2.05, 4.69) is 0 Å². The highest BCUT2D eigenvalue weighted by Crippen LogP contribution is 2.35. The molecule has 0 atom stereocenters. The predicted molar refractivity (Wildman–Crippen MR) is 123 cm³/mol. The number of benzene rings is 3. The topological polar surface area (TPSA) is 57.9 Å². The molecule has 0 N–H and O–H groups in total. The van der Waals surface area contributed by atoms with Crippen molar-refractivity contribution in [2.45, 2.75) is 26.4 Å². The largest absolute Gasteiger partial charge is 0.490 e. The lowest BCUT2D eigenvalue weighted by molar-refractivity contribution is 0.277. The van der Waals surface area contributed by atoms with E-state index in [1.54, 1.807) is 25.1 Å². The van der Waals surface area contributed by atoms with Crippen LogP contribution in [0.4, 0.5) is 22.0 Å². The third kappa shape index (κ3) is 4.36. The maximum Gasteiger partial charge on any atom is 0.200 e. The second-order valence-corrected chi connectivity index (χ2v) is 8.34. The van der Waals surface area contributed by atoms with Crippen LogP contribution >= 0.6 is 0 Å². The van der Waals surface area contributed by atoms with Gasteiger partial charge in [0, 0.05) is 12.5 Å². The molecule has 0 saturated heterocycles. The Bertz CT molecular complexity index is 1550. The highest BCUT2D eigenvalue weighted by atomic mass is 19.2. The van der Waals surface area contributed by atoms with Gasteiger partial charge in [-0.25, -0.2) is 22.0 Å². The molecule has 5 rings (SSSR count). The molecule has 5 nitrogen and oxygen atoms in total. The Labute approximate surface area is 207 Å². The fraction of sp³-hybridized carbons (Fsp3) is 0.222. The predicted octanol–water partition coefficient (Wildman–Crippen LogP) is 6.46. The Morgan fingerprint density at radius 2 is 1.54 bits per heavy atom. The first-order valence-electron chi connectivity index (χ1n) is 11.4. The van der Waals surface area contributed by atoms with Gasteiger partial charge in [-0.3, -0.25) is 4.79 Å². The fourth-order valence-electron chi connectivity index (χ4n) is 4.07. The molecule has 0 radical (unpaired) electrons. The number of hydrogen-bond acceptors (Lipinski definition) is 5. The summed E-state index contributed by atoms with van der Waals surface area (Å²) in [6.07, 6.45) is 2.34. The normalized spacial score (nSPS) is 13.0. The molecule has 0 bridgehead atoms. The van der Waals surface area contributed by atoms with Gasteiger partial charge in [-0.15, -0.1) is 0 Å². The van der Waals surface area contributed by atoms with Crippen LogP contribution in [0, 0.1) is 29.1 Å². The van der Waals surface area contributed by atoms with Gasteiger partial charge in [-0.1, -0.05) is 13.0 Å². The zero-order valence-electron chi connectivity index (χ0n) is 19.4. The molecular weight excluding hydrogens is 499 g/mol. The van der Waals surface area contributed by atoms with Crippen LogP contribution in [-0.2, 0) is 13.0 Å². The first-order chi connectivity index (χ1) is 17.8. The van der Waals surface area contributed by atoms with E-state index in [1.165, 1.54) is 18.4 Å². The average molecular weight is 518 g/mol. The van der Waals surface area contributed by atoms with Crippen molar-refractivity contribution in [2.75, 3.05) is 13.2 Å². The van der Waals surface area contributed by atoms with Crippen molar-refractivity contribution in [3.63, 3.8) is 0 Å². The number of fused-ring (bicyclic) bond motifs is 2. The van der Waals surface area contributed by atoms with Crippen molar-refractivity contribution in [1.82, 2.24) is 0 Å². The van der Waals surface area contributed by atoms with Crippen molar-refractivity contribution in [3.05, 3.63) is 87.0 Å². The second-order valence-electron chi connectivity index (χ2n) is 8.34. The van der Waals surface area contributed by atoms with Gasteiger partial charge < -0.3 is 18.6 Å². The summed E-state index contributed by atoms with van der Waals surface area (Å²) in [6, 6.07) is 7.99. The zero-order valence-corrected chi connectivity index (χ0v) is 19.4. The Hall–Kier alpha value is -4.08. The number of ether oxygens (including phenoxy) is 3. The molecule has 192 valence electrons. The van der Waals surface area contributed by atoms with Crippen molar-refractivity contribution in [1.29, 1.82) is 0 Å². The van der Waals surface area contributed by atoms with Gasteiger partial charge in [-0.2, -0.15) is 0 Å². The van der Waals surface area contributed by atoms with Gasteiger partial charge in [0.1, 0.15) is 24.2 Å². The van der Waals surface area contributed by atoms with E-state index in [0.29, 0.717) is 42.3 Å². The number of hydrogen-bond donors (Lipinski definition) is 0. The fourth-order valence-corrected chi connectivity index (χ4v) is 4.07. The highest BCUT2D eigenvalue weighted by molar-refractivity contribution is 5.84. The Balaban J connectivity index is 1.51. The molecule has 0 amide bonds. The third-order valence-electron chi connectivity index (χ3n) is 6.07. The van der Waals surface area contributed by atoms with E-state index >= 15 is 0 Å². The van der Waals surface area contributed by atoms with Gasteiger partial charge >= 0.3 is 0 Å². The van der Waals surface area contributed by atoms with E-state index in [1.807, 2.05) is 0 Å². The maximum atomic E-state index is 14.0. The molecular formula is C27H19F5O5.